The van der Waals surface area contributed by atoms with Gasteiger partial charge in [0.2, 0.25) is 5.60 Å². The highest BCUT2D eigenvalue weighted by molar-refractivity contribution is 6.34. The average molecular weight is 329 g/mol. The number of nitrogens with zero attached hydrogens (tertiary/aromatic N) is 1. The summed E-state index contributed by atoms with van der Waals surface area (Å²) in [5.74, 6) is -0.188. The van der Waals surface area contributed by atoms with Crippen molar-refractivity contribution in [2.45, 2.75) is 25.5 Å². The summed E-state index contributed by atoms with van der Waals surface area (Å²) in [6, 6.07) is 17.2. The lowest BCUT2D eigenvalue weighted by atomic mass is 9.95. The quantitative estimate of drug-likeness (QED) is 0.933. The molecule has 0 bridgehead atoms. The minimum atomic E-state index is -1.01. The van der Waals surface area contributed by atoms with Gasteiger partial charge in [-0.3, -0.25) is 4.79 Å². The van der Waals surface area contributed by atoms with E-state index in [2.05, 4.69) is 10.5 Å². The SMILES string of the molecule is C[C@]1(C(=O)NCc2ccccc2)CC(c2ccccc2Cl)=NO1. The normalized spacial score (nSPS) is 19.8. The zero-order valence-corrected chi connectivity index (χ0v) is 13.5. The fraction of sp³-hybridized carbons (Fsp3) is 0.222. The maximum Gasteiger partial charge on any atom is 0.267 e. The number of carbonyl (C=O) groups excluding carboxylic acids is 1. The molecule has 3 rings (SSSR count). The van der Waals surface area contributed by atoms with Crippen LogP contribution < -0.4 is 5.32 Å². The van der Waals surface area contributed by atoms with E-state index < -0.39 is 5.60 Å². The van der Waals surface area contributed by atoms with Gasteiger partial charge in [-0.15, -0.1) is 0 Å². The number of carbonyl (C=O) groups is 1. The molecule has 4 nitrogen and oxygen atoms in total. The molecule has 1 amide bonds. The molecule has 0 fully saturated rings. The van der Waals surface area contributed by atoms with Crippen LogP contribution in [0.1, 0.15) is 24.5 Å². The van der Waals surface area contributed by atoms with Crippen molar-refractivity contribution < 1.29 is 9.63 Å². The van der Waals surface area contributed by atoms with Crippen LogP contribution in [0, 0.1) is 0 Å². The lowest BCUT2D eigenvalue weighted by molar-refractivity contribution is -0.141. The predicted molar refractivity (Wildman–Crippen MR) is 90.4 cm³/mol. The van der Waals surface area contributed by atoms with E-state index in [0.717, 1.165) is 11.1 Å². The van der Waals surface area contributed by atoms with E-state index in [4.69, 9.17) is 16.4 Å². The molecule has 1 aliphatic rings. The van der Waals surface area contributed by atoms with E-state index in [1.54, 1.807) is 13.0 Å². The zero-order valence-electron chi connectivity index (χ0n) is 12.8. The van der Waals surface area contributed by atoms with Gasteiger partial charge in [0.05, 0.1) is 5.71 Å². The molecule has 1 aliphatic heterocycles. The van der Waals surface area contributed by atoms with Crippen LogP contribution in [0.5, 0.6) is 0 Å². The Morgan fingerprint density at radius 2 is 1.91 bits per heavy atom. The summed E-state index contributed by atoms with van der Waals surface area (Å²) in [6.45, 7) is 2.20. The lowest BCUT2D eigenvalue weighted by Gasteiger charge is -2.20. The molecule has 2 aromatic carbocycles. The molecule has 0 unspecified atom stereocenters. The first-order valence-corrected chi connectivity index (χ1v) is 7.78. The zero-order chi connectivity index (χ0) is 16.3. The highest BCUT2D eigenvalue weighted by Gasteiger charge is 2.42. The second-order valence-electron chi connectivity index (χ2n) is 5.69. The van der Waals surface area contributed by atoms with E-state index in [1.807, 2.05) is 48.5 Å². The predicted octanol–water partition coefficient (Wildman–Crippen LogP) is 3.54. The highest BCUT2D eigenvalue weighted by Crippen LogP contribution is 2.29. The number of hydrogen-bond donors (Lipinski definition) is 1. The Kier molecular flexibility index (Phi) is 4.35. The third-order valence-corrected chi connectivity index (χ3v) is 4.15. The summed E-state index contributed by atoms with van der Waals surface area (Å²) >= 11 is 6.18. The number of oxime groups is 1. The van der Waals surface area contributed by atoms with Crippen LogP contribution in [-0.4, -0.2) is 17.2 Å². The monoisotopic (exact) mass is 328 g/mol. The maximum atomic E-state index is 12.5. The van der Waals surface area contributed by atoms with Crippen LogP contribution >= 0.6 is 11.6 Å². The van der Waals surface area contributed by atoms with E-state index in [-0.39, 0.29) is 5.91 Å². The molecular formula is C18H17ClN2O2. The molecular weight excluding hydrogens is 312 g/mol. The molecule has 0 radical (unpaired) electrons. The summed E-state index contributed by atoms with van der Waals surface area (Å²) < 4.78 is 0. The Bertz CT molecular complexity index is 746. The third kappa shape index (κ3) is 3.37. The van der Waals surface area contributed by atoms with Crippen LogP contribution in [-0.2, 0) is 16.2 Å². The molecule has 2 aromatic rings. The Balaban J connectivity index is 1.65. The Morgan fingerprint density at radius 3 is 2.65 bits per heavy atom. The molecule has 0 aromatic heterocycles. The Morgan fingerprint density at radius 1 is 1.22 bits per heavy atom. The van der Waals surface area contributed by atoms with Gasteiger partial charge in [0, 0.05) is 23.6 Å². The minimum Gasteiger partial charge on any atom is -0.379 e. The number of benzene rings is 2. The standard InChI is InChI=1S/C18H17ClN2O2/c1-18(17(22)20-12-13-7-3-2-4-8-13)11-16(21-23-18)14-9-5-6-10-15(14)19/h2-10H,11-12H2,1H3,(H,20,22)/t18-/m1/s1. The molecule has 0 saturated heterocycles. The molecule has 0 aliphatic carbocycles. The number of halogens is 1. The first-order valence-electron chi connectivity index (χ1n) is 7.41. The third-order valence-electron chi connectivity index (χ3n) is 3.82. The van der Waals surface area contributed by atoms with Crippen LogP contribution in [0.2, 0.25) is 5.02 Å². The average Bonchev–Trinajstić information content (AvgIpc) is 2.97. The summed E-state index contributed by atoms with van der Waals surface area (Å²) in [5, 5.41) is 7.57. The molecule has 118 valence electrons. The van der Waals surface area contributed by atoms with Crippen molar-refractivity contribution in [3.63, 3.8) is 0 Å². The summed E-state index contributed by atoms with van der Waals surface area (Å²) in [6.07, 6.45) is 0.386. The van der Waals surface area contributed by atoms with Gasteiger partial charge in [-0.2, -0.15) is 0 Å². The van der Waals surface area contributed by atoms with Crippen LogP contribution in [0.25, 0.3) is 0 Å². The Hall–Kier alpha value is -2.33. The van der Waals surface area contributed by atoms with Gasteiger partial charge < -0.3 is 10.2 Å². The highest BCUT2D eigenvalue weighted by atomic mass is 35.5. The van der Waals surface area contributed by atoms with Crippen LogP contribution in [0.4, 0.5) is 0 Å². The molecule has 1 heterocycles. The fourth-order valence-corrected chi connectivity index (χ4v) is 2.71. The number of hydrogen-bond acceptors (Lipinski definition) is 3. The van der Waals surface area contributed by atoms with E-state index in [9.17, 15) is 4.79 Å². The topological polar surface area (TPSA) is 50.7 Å². The first kappa shape index (κ1) is 15.6. The van der Waals surface area contributed by atoms with Gasteiger partial charge in [0.25, 0.3) is 5.91 Å². The second-order valence-corrected chi connectivity index (χ2v) is 6.09. The number of rotatable bonds is 4. The number of nitrogens with one attached hydrogen (secondary N) is 1. The van der Waals surface area contributed by atoms with Gasteiger partial charge in [-0.1, -0.05) is 65.3 Å². The second kappa shape index (κ2) is 6.42. The van der Waals surface area contributed by atoms with Crippen molar-refractivity contribution in [1.82, 2.24) is 5.32 Å². The van der Waals surface area contributed by atoms with Gasteiger partial charge in [-0.05, 0) is 18.6 Å². The lowest BCUT2D eigenvalue weighted by Crippen LogP contribution is -2.44. The summed E-state index contributed by atoms with van der Waals surface area (Å²) in [5.41, 5.74) is 1.51. The molecule has 1 N–H and O–H groups in total. The van der Waals surface area contributed by atoms with Crippen molar-refractivity contribution >= 4 is 23.2 Å². The van der Waals surface area contributed by atoms with E-state index in [0.29, 0.717) is 23.7 Å². The fourth-order valence-electron chi connectivity index (χ4n) is 2.47. The molecule has 1 atom stereocenters. The molecule has 5 heteroatoms. The van der Waals surface area contributed by atoms with E-state index in [1.165, 1.54) is 0 Å². The molecule has 23 heavy (non-hydrogen) atoms. The Labute approximate surface area is 140 Å². The van der Waals surface area contributed by atoms with Crippen molar-refractivity contribution in [3.05, 3.63) is 70.7 Å². The van der Waals surface area contributed by atoms with Gasteiger partial charge in [0.15, 0.2) is 0 Å². The largest absolute Gasteiger partial charge is 0.379 e. The number of amides is 1. The smallest absolute Gasteiger partial charge is 0.267 e. The van der Waals surface area contributed by atoms with Crippen molar-refractivity contribution in [2.75, 3.05) is 0 Å². The molecule has 0 spiro atoms. The van der Waals surface area contributed by atoms with Crippen LogP contribution in [0.15, 0.2) is 59.8 Å². The minimum absolute atomic E-state index is 0.188. The van der Waals surface area contributed by atoms with Gasteiger partial charge >= 0.3 is 0 Å². The van der Waals surface area contributed by atoms with Crippen LogP contribution in [0.3, 0.4) is 0 Å². The van der Waals surface area contributed by atoms with Gasteiger partial charge in [-0.25, -0.2) is 0 Å². The summed E-state index contributed by atoms with van der Waals surface area (Å²) in [7, 11) is 0. The van der Waals surface area contributed by atoms with Crippen molar-refractivity contribution in [1.29, 1.82) is 0 Å². The molecule has 0 saturated carbocycles. The maximum absolute atomic E-state index is 12.5. The first-order chi connectivity index (χ1) is 11.1. The summed E-state index contributed by atoms with van der Waals surface area (Å²) in [4.78, 5) is 17.9. The van der Waals surface area contributed by atoms with Gasteiger partial charge in [0.1, 0.15) is 0 Å². The van der Waals surface area contributed by atoms with E-state index >= 15 is 0 Å². The van der Waals surface area contributed by atoms with Crippen molar-refractivity contribution in [3.8, 4) is 0 Å². The van der Waals surface area contributed by atoms with Crippen molar-refractivity contribution in [2.24, 2.45) is 5.16 Å².